The van der Waals surface area contributed by atoms with Crippen LogP contribution in [0.25, 0.3) is 0 Å². The molecule has 0 spiro atoms. The molecule has 0 aliphatic rings. The van der Waals surface area contributed by atoms with Crippen molar-refractivity contribution in [3.63, 3.8) is 0 Å². The molecule has 0 aliphatic heterocycles. The van der Waals surface area contributed by atoms with Gasteiger partial charge in [-0.3, -0.25) is 0 Å². The van der Waals surface area contributed by atoms with Gasteiger partial charge in [0.05, 0.1) is 14.5 Å². The number of hydrogen-bond acceptors (Lipinski definition) is 2. The molecule has 0 saturated carbocycles. The van der Waals surface area contributed by atoms with Crippen molar-refractivity contribution in [2.75, 3.05) is 5.32 Å². The number of rotatable bonds is 6. The van der Waals surface area contributed by atoms with Gasteiger partial charge >= 0.3 is 0 Å². The predicted molar refractivity (Wildman–Crippen MR) is 121 cm³/mol. The number of hydrogen-bond donors (Lipinski definition) is 1. The highest BCUT2D eigenvalue weighted by molar-refractivity contribution is 9.11. The Morgan fingerprint density at radius 3 is 2.30 bits per heavy atom. The molecule has 27 heavy (non-hydrogen) atoms. The van der Waals surface area contributed by atoms with E-state index in [0.29, 0.717) is 28.2 Å². The average Bonchev–Trinajstić information content (AvgIpc) is 2.63. The van der Waals surface area contributed by atoms with Crippen molar-refractivity contribution >= 4 is 72.4 Å². The van der Waals surface area contributed by atoms with Crippen molar-refractivity contribution in [3.8, 4) is 5.75 Å². The summed E-state index contributed by atoms with van der Waals surface area (Å²) in [5.41, 5.74) is 2.91. The highest BCUT2D eigenvalue weighted by atomic mass is 79.9. The van der Waals surface area contributed by atoms with Crippen LogP contribution in [0.15, 0.2) is 63.5 Å². The quantitative estimate of drug-likeness (QED) is 0.333. The van der Waals surface area contributed by atoms with E-state index in [-0.39, 0.29) is 0 Å². The van der Waals surface area contributed by atoms with E-state index in [4.69, 9.17) is 39.5 Å². The molecule has 0 amide bonds. The Balaban J connectivity index is 1.77. The maximum Gasteiger partial charge on any atom is 0.139 e. The topological polar surface area (TPSA) is 21.3 Å². The summed E-state index contributed by atoms with van der Waals surface area (Å²) in [5, 5.41) is 5.09. The van der Waals surface area contributed by atoms with Gasteiger partial charge in [-0.25, -0.2) is 0 Å². The molecular formula is C20H14Br2Cl3NO. The summed E-state index contributed by atoms with van der Waals surface area (Å²) in [7, 11) is 0. The van der Waals surface area contributed by atoms with E-state index in [0.717, 1.165) is 31.5 Å². The molecule has 0 bridgehead atoms. The monoisotopic (exact) mass is 547 g/mol. The van der Waals surface area contributed by atoms with Crippen molar-refractivity contribution in [3.05, 3.63) is 89.7 Å². The van der Waals surface area contributed by atoms with Gasteiger partial charge in [-0.15, -0.1) is 0 Å². The Hall–Kier alpha value is -0.910. The van der Waals surface area contributed by atoms with Gasteiger partial charge in [0, 0.05) is 27.3 Å². The first-order valence-electron chi connectivity index (χ1n) is 7.96. The van der Waals surface area contributed by atoms with Gasteiger partial charge in [0.2, 0.25) is 0 Å². The molecule has 0 aromatic heterocycles. The number of halogens is 5. The third-order valence-electron chi connectivity index (χ3n) is 3.78. The lowest BCUT2D eigenvalue weighted by atomic mass is 10.2. The maximum absolute atomic E-state index is 6.08. The molecule has 1 N–H and O–H groups in total. The highest BCUT2D eigenvalue weighted by Crippen LogP contribution is 2.34. The minimum absolute atomic E-state index is 0.442. The van der Waals surface area contributed by atoms with Crippen molar-refractivity contribution < 1.29 is 4.74 Å². The van der Waals surface area contributed by atoms with Crippen molar-refractivity contribution in [2.24, 2.45) is 0 Å². The van der Waals surface area contributed by atoms with Crippen LogP contribution in [0.1, 0.15) is 11.1 Å². The van der Waals surface area contributed by atoms with Gasteiger partial charge < -0.3 is 10.1 Å². The summed E-state index contributed by atoms with van der Waals surface area (Å²) in [6.07, 6.45) is 0. The minimum atomic E-state index is 0.442. The van der Waals surface area contributed by atoms with Gasteiger partial charge in [-0.1, -0.05) is 62.9 Å². The van der Waals surface area contributed by atoms with Crippen molar-refractivity contribution in [2.45, 2.75) is 13.2 Å². The summed E-state index contributed by atoms with van der Waals surface area (Å²) in [6, 6.07) is 17.0. The molecule has 0 unspecified atom stereocenters. The number of nitrogens with one attached hydrogen (secondary N) is 1. The van der Waals surface area contributed by atoms with E-state index in [1.165, 1.54) is 0 Å². The van der Waals surface area contributed by atoms with Crippen LogP contribution in [0.2, 0.25) is 15.1 Å². The fourth-order valence-corrected chi connectivity index (χ4v) is 4.30. The molecule has 3 rings (SSSR count). The number of anilines is 1. The molecule has 0 radical (unpaired) electrons. The summed E-state index contributed by atoms with van der Waals surface area (Å²) in [6.45, 7) is 1.00. The van der Waals surface area contributed by atoms with Crippen LogP contribution in [-0.4, -0.2) is 0 Å². The lowest BCUT2D eigenvalue weighted by Crippen LogP contribution is -2.05. The molecule has 0 atom stereocenters. The van der Waals surface area contributed by atoms with Crippen molar-refractivity contribution in [1.82, 2.24) is 0 Å². The summed E-state index contributed by atoms with van der Waals surface area (Å²) in [5.74, 6) is 0.778. The molecule has 0 heterocycles. The number of ether oxygens (including phenoxy) is 1. The molecule has 0 aliphatic carbocycles. The summed E-state index contributed by atoms with van der Waals surface area (Å²) < 4.78 is 7.91. The molecular weight excluding hydrogens is 536 g/mol. The van der Waals surface area contributed by atoms with E-state index in [9.17, 15) is 0 Å². The average molecular weight is 551 g/mol. The zero-order valence-corrected chi connectivity index (χ0v) is 19.3. The highest BCUT2D eigenvalue weighted by Gasteiger charge is 2.11. The second-order valence-electron chi connectivity index (χ2n) is 5.77. The van der Waals surface area contributed by atoms with E-state index in [2.05, 4.69) is 37.2 Å². The fraction of sp³-hybridized carbons (Fsp3) is 0.100. The Morgan fingerprint density at radius 2 is 1.59 bits per heavy atom. The van der Waals surface area contributed by atoms with Crippen LogP contribution in [0.3, 0.4) is 0 Å². The van der Waals surface area contributed by atoms with E-state index < -0.39 is 0 Å². The van der Waals surface area contributed by atoms with Gasteiger partial charge in [0.15, 0.2) is 0 Å². The van der Waals surface area contributed by atoms with Crippen LogP contribution in [0.5, 0.6) is 5.75 Å². The van der Waals surface area contributed by atoms with E-state index >= 15 is 0 Å². The first kappa shape index (κ1) is 20.8. The molecule has 7 heteroatoms. The van der Waals surface area contributed by atoms with E-state index in [1.54, 1.807) is 12.1 Å². The second kappa shape index (κ2) is 9.53. The molecule has 140 valence electrons. The standard InChI is InChI=1S/C20H14Br2Cl3NO/c21-14-7-13(10-26-16-5-6-18(24)19(25)9-16)20(17(22)8-14)27-11-12-1-3-15(23)4-2-12/h1-9,26H,10-11H2. The summed E-state index contributed by atoms with van der Waals surface area (Å²) >= 11 is 25.1. The van der Waals surface area contributed by atoms with E-state index in [1.807, 2.05) is 42.5 Å². The van der Waals surface area contributed by atoms with Gasteiger partial charge in [-0.2, -0.15) is 0 Å². The Kier molecular flexibility index (Phi) is 7.35. The fourth-order valence-electron chi connectivity index (χ4n) is 2.45. The minimum Gasteiger partial charge on any atom is -0.487 e. The smallest absolute Gasteiger partial charge is 0.139 e. The Labute approximate surface area is 190 Å². The van der Waals surface area contributed by atoms with Gasteiger partial charge in [0.25, 0.3) is 0 Å². The van der Waals surface area contributed by atoms with Crippen LogP contribution < -0.4 is 10.1 Å². The molecule has 3 aromatic carbocycles. The zero-order chi connectivity index (χ0) is 19.4. The molecule has 3 aromatic rings. The maximum atomic E-state index is 6.08. The first-order chi connectivity index (χ1) is 12.9. The second-order valence-corrected chi connectivity index (χ2v) is 8.79. The SMILES string of the molecule is Clc1ccc(COc2c(Br)cc(Br)cc2CNc2ccc(Cl)c(Cl)c2)cc1. The lowest BCUT2D eigenvalue weighted by molar-refractivity contribution is 0.301. The molecule has 0 fully saturated rings. The van der Waals surface area contributed by atoms with Crippen LogP contribution in [-0.2, 0) is 13.2 Å². The molecule has 2 nitrogen and oxygen atoms in total. The summed E-state index contributed by atoms with van der Waals surface area (Å²) in [4.78, 5) is 0. The third-order valence-corrected chi connectivity index (χ3v) is 5.82. The van der Waals surface area contributed by atoms with Gasteiger partial charge in [-0.05, 0) is 64.0 Å². The normalized spacial score (nSPS) is 10.7. The molecule has 0 saturated heterocycles. The number of benzene rings is 3. The van der Waals surface area contributed by atoms with Crippen LogP contribution in [0, 0.1) is 0 Å². The Morgan fingerprint density at radius 1 is 0.852 bits per heavy atom. The van der Waals surface area contributed by atoms with Crippen LogP contribution in [0.4, 0.5) is 5.69 Å². The lowest BCUT2D eigenvalue weighted by Gasteiger charge is -2.16. The van der Waals surface area contributed by atoms with Crippen LogP contribution >= 0.6 is 66.7 Å². The van der Waals surface area contributed by atoms with Crippen molar-refractivity contribution in [1.29, 1.82) is 0 Å². The first-order valence-corrected chi connectivity index (χ1v) is 10.7. The Bertz CT molecular complexity index is 949. The third kappa shape index (κ3) is 5.78. The van der Waals surface area contributed by atoms with Gasteiger partial charge in [0.1, 0.15) is 12.4 Å². The largest absolute Gasteiger partial charge is 0.487 e. The predicted octanol–water partition coefficient (Wildman–Crippen LogP) is 8.36. The zero-order valence-electron chi connectivity index (χ0n) is 13.9.